The van der Waals surface area contributed by atoms with Gasteiger partial charge in [0.1, 0.15) is 0 Å². The molecule has 0 saturated carbocycles. The number of rotatable bonds is 8. The van der Waals surface area contributed by atoms with Crippen LogP contribution in [-0.2, 0) is 10.0 Å². The Balaban J connectivity index is 2.09. The van der Waals surface area contributed by atoms with Crippen molar-refractivity contribution in [1.82, 2.24) is 14.5 Å². The summed E-state index contributed by atoms with van der Waals surface area (Å²) in [5, 5.41) is 2.95. The third kappa shape index (κ3) is 4.59. The van der Waals surface area contributed by atoms with Crippen LogP contribution in [0.2, 0.25) is 0 Å². The molecule has 0 aromatic heterocycles. The van der Waals surface area contributed by atoms with Crippen molar-refractivity contribution in [3.8, 4) is 0 Å². The number of carbonyl (C=O) groups excluding carboxylic acids is 1. The molecule has 0 aliphatic carbocycles. The molecular weight excluding hydrogens is 338 g/mol. The van der Waals surface area contributed by atoms with Crippen LogP contribution in [0.5, 0.6) is 0 Å². The third-order valence-corrected chi connectivity index (χ3v) is 6.89. The van der Waals surface area contributed by atoms with Crippen LogP contribution in [0.1, 0.15) is 44.0 Å². The maximum Gasteiger partial charge on any atom is 0.251 e. The molecule has 0 radical (unpaired) electrons. The number of benzene rings is 1. The zero-order valence-corrected chi connectivity index (χ0v) is 16.2. The van der Waals surface area contributed by atoms with E-state index in [1.807, 2.05) is 0 Å². The van der Waals surface area contributed by atoms with Gasteiger partial charge in [-0.2, -0.15) is 4.31 Å². The minimum atomic E-state index is -3.56. The van der Waals surface area contributed by atoms with Crippen molar-refractivity contribution in [2.24, 2.45) is 0 Å². The van der Waals surface area contributed by atoms with E-state index < -0.39 is 10.0 Å². The van der Waals surface area contributed by atoms with Gasteiger partial charge in [0.15, 0.2) is 0 Å². The van der Waals surface area contributed by atoms with Gasteiger partial charge in [0.2, 0.25) is 10.0 Å². The highest BCUT2D eigenvalue weighted by Gasteiger charge is 2.25. The number of hydrogen-bond acceptors (Lipinski definition) is 4. The lowest BCUT2D eigenvalue weighted by Crippen LogP contribution is -2.40. The van der Waals surface area contributed by atoms with Crippen molar-refractivity contribution < 1.29 is 13.2 Å². The highest BCUT2D eigenvalue weighted by Crippen LogP contribution is 2.18. The summed E-state index contributed by atoms with van der Waals surface area (Å²) in [6.45, 7) is 9.21. The Labute approximate surface area is 151 Å². The molecule has 140 valence electrons. The number of likely N-dealkylation sites (N-methyl/N-ethyl adjacent to an activating group) is 1. The van der Waals surface area contributed by atoms with E-state index in [2.05, 4.69) is 17.1 Å². The number of hydrogen-bond donors (Lipinski definition) is 1. The SMILES string of the molecule is CCN1CCCC1CNC(=O)c1cccc(S(=O)(=O)N(CC)CC)c1. The van der Waals surface area contributed by atoms with E-state index >= 15 is 0 Å². The minimum absolute atomic E-state index is 0.167. The summed E-state index contributed by atoms with van der Waals surface area (Å²) in [5.74, 6) is -0.223. The third-order valence-electron chi connectivity index (χ3n) is 4.84. The molecule has 1 aliphatic rings. The van der Waals surface area contributed by atoms with E-state index in [0.717, 1.165) is 25.9 Å². The van der Waals surface area contributed by atoms with E-state index in [4.69, 9.17) is 0 Å². The Morgan fingerprint density at radius 2 is 2.00 bits per heavy atom. The van der Waals surface area contributed by atoms with Crippen LogP contribution in [0.3, 0.4) is 0 Å². The number of sulfonamides is 1. The first kappa shape index (κ1) is 19.9. The van der Waals surface area contributed by atoms with Crippen LogP contribution < -0.4 is 5.32 Å². The Kier molecular flexibility index (Phi) is 6.98. The molecule has 1 aromatic rings. The molecule has 1 saturated heterocycles. The fourth-order valence-corrected chi connectivity index (χ4v) is 4.87. The summed E-state index contributed by atoms with van der Waals surface area (Å²) >= 11 is 0. The first-order chi connectivity index (χ1) is 11.9. The smallest absolute Gasteiger partial charge is 0.251 e. The van der Waals surface area contributed by atoms with Gasteiger partial charge in [-0.3, -0.25) is 9.69 Å². The lowest BCUT2D eigenvalue weighted by atomic mass is 10.2. The molecule has 1 fully saturated rings. The quantitative estimate of drug-likeness (QED) is 0.762. The molecule has 7 heteroatoms. The average Bonchev–Trinajstić information content (AvgIpc) is 3.08. The lowest BCUT2D eigenvalue weighted by molar-refractivity contribution is 0.0941. The Bertz CT molecular complexity index is 687. The maximum atomic E-state index is 12.6. The molecule has 25 heavy (non-hydrogen) atoms. The van der Waals surface area contributed by atoms with Gasteiger partial charge in [-0.05, 0) is 44.1 Å². The van der Waals surface area contributed by atoms with Crippen molar-refractivity contribution in [2.45, 2.75) is 44.6 Å². The molecule has 6 nitrogen and oxygen atoms in total. The fraction of sp³-hybridized carbons (Fsp3) is 0.611. The van der Waals surface area contributed by atoms with Gasteiger partial charge in [-0.15, -0.1) is 0 Å². The molecule has 2 rings (SSSR count). The topological polar surface area (TPSA) is 69.7 Å². The van der Waals surface area contributed by atoms with Gasteiger partial charge >= 0.3 is 0 Å². The van der Waals surface area contributed by atoms with Crippen LogP contribution in [0.4, 0.5) is 0 Å². The van der Waals surface area contributed by atoms with Crippen molar-refractivity contribution in [3.05, 3.63) is 29.8 Å². The molecule has 1 N–H and O–H groups in total. The van der Waals surface area contributed by atoms with E-state index in [-0.39, 0.29) is 10.8 Å². The van der Waals surface area contributed by atoms with Crippen molar-refractivity contribution in [1.29, 1.82) is 0 Å². The zero-order chi connectivity index (χ0) is 18.4. The summed E-state index contributed by atoms with van der Waals surface area (Å²) < 4.78 is 26.6. The zero-order valence-electron chi connectivity index (χ0n) is 15.4. The van der Waals surface area contributed by atoms with Gasteiger partial charge in [0, 0.05) is 31.2 Å². The van der Waals surface area contributed by atoms with Crippen LogP contribution in [-0.4, -0.2) is 62.3 Å². The second-order valence-corrected chi connectivity index (χ2v) is 8.19. The van der Waals surface area contributed by atoms with Gasteiger partial charge in [0.25, 0.3) is 5.91 Å². The van der Waals surface area contributed by atoms with Crippen molar-refractivity contribution in [3.63, 3.8) is 0 Å². The number of carbonyl (C=O) groups is 1. The van der Waals surface area contributed by atoms with Gasteiger partial charge < -0.3 is 5.32 Å². The minimum Gasteiger partial charge on any atom is -0.350 e. The summed E-state index contributed by atoms with van der Waals surface area (Å²) in [7, 11) is -3.56. The average molecular weight is 368 g/mol. The van der Waals surface area contributed by atoms with Crippen LogP contribution in [0.25, 0.3) is 0 Å². The van der Waals surface area contributed by atoms with Gasteiger partial charge in [-0.25, -0.2) is 8.42 Å². The molecule has 1 aromatic carbocycles. The number of amides is 1. The van der Waals surface area contributed by atoms with E-state index in [9.17, 15) is 13.2 Å². The normalized spacial score (nSPS) is 18.6. The summed E-state index contributed by atoms with van der Waals surface area (Å²) in [5.41, 5.74) is 0.384. The molecule has 1 heterocycles. The Morgan fingerprint density at radius 1 is 1.28 bits per heavy atom. The molecule has 0 spiro atoms. The number of nitrogens with zero attached hydrogens (tertiary/aromatic N) is 2. The molecule has 0 bridgehead atoms. The second-order valence-electron chi connectivity index (χ2n) is 6.25. The van der Waals surface area contributed by atoms with Crippen molar-refractivity contribution in [2.75, 3.05) is 32.7 Å². The van der Waals surface area contributed by atoms with Crippen LogP contribution in [0, 0.1) is 0 Å². The lowest BCUT2D eigenvalue weighted by Gasteiger charge is -2.23. The number of likely N-dealkylation sites (tertiary alicyclic amines) is 1. The van der Waals surface area contributed by atoms with Crippen LogP contribution in [0.15, 0.2) is 29.2 Å². The van der Waals surface area contributed by atoms with E-state index in [0.29, 0.717) is 31.2 Å². The van der Waals surface area contributed by atoms with Crippen LogP contribution >= 0.6 is 0 Å². The van der Waals surface area contributed by atoms with E-state index in [1.165, 1.54) is 10.4 Å². The predicted molar refractivity (Wildman–Crippen MR) is 99.2 cm³/mol. The largest absolute Gasteiger partial charge is 0.350 e. The molecule has 1 aliphatic heterocycles. The van der Waals surface area contributed by atoms with Gasteiger partial charge in [-0.1, -0.05) is 26.8 Å². The Morgan fingerprint density at radius 3 is 2.64 bits per heavy atom. The summed E-state index contributed by atoms with van der Waals surface area (Å²) in [6.07, 6.45) is 2.25. The van der Waals surface area contributed by atoms with Crippen molar-refractivity contribution >= 4 is 15.9 Å². The maximum absolute atomic E-state index is 12.6. The number of nitrogens with one attached hydrogen (secondary N) is 1. The first-order valence-electron chi connectivity index (χ1n) is 9.06. The van der Waals surface area contributed by atoms with E-state index in [1.54, 1.807) is 32.0 Å². The molecular formula is C18H29N3O3S. The molecule has 1 unspecified atom stereocenters. The predicted octanol–water partition coefficient (Wildman–Crippen LogP) is 1.93. The standard InChI is InChI=1S/C18H29N3O3S/c1-4-20-12-8-10-16(20)14-19-18(22)15-9-7-11-17(13-15)25(23,24)21(5-2)6-3/h7,9,11,13,16H,4-6,8,10,12,14H2,1-3H3,(H,19,22). The molecule has 1 amide bonds. The first-order valence-corrected chi connectivity index (χ1v) is 10.5. The highest BCUT2D eigenvalue weighted by molar-refractivity contribution is 7.89. The Hall–Kier alpha value is -1.44. The highest BCUT2D eigenvalue weighted by atomic mass is 32.2. The summed E-state index contributed by atoms with van der Waals surface area (Å²) in [6, 6.07) is 6.66. The second kappa shape index (κ2) is 8.78. The molecule has 1 atom stereocenters. The summed E-state index contributed by atoms with van der Waals surface area (Å²) in [4.78, 5) is 15.0. The monoisotopic (exact) mass is 367 g/mol. The van der Waals surface area contributed by atoms with Gasteiger partial charge in [0.05, 0.1) is 4.90 Å². The fourth-order valence-electron chi connectivity index (χ4n) is 3.37.